The van der Waals surface area contributed by atoms with Crippen LogP contribution in [0.3, 0.4) is 0 Å². The highest BCUT2D eigenvalue weighted by atomic mass is 19.1. The number of aliphatic hydroxyl groups is 1. The summed E-state index contributed by atoms with van der Waals surface area (Å²) in [5.74, 6) is 0.420. The Morgan fingerprint density at radius 2 is 2.24 bits per heavy atom. The van der Waals surface area contributed by atoms with Gasteiger partial charge in [-0.25, -0.2) is 4.39 Å². The third-order valence-electron chi connectivity index (χ3n) is 3.60. The third kappa shape index (κ3) is 2.85. The van der Waals surface area contributed by atoms with Crippen LogP contribution in [0.15, 0.2) is 18.2 Å². The summed E-state index contributed by atoms with van der Waals surface area (Å²) < 4.78 is 13.2. The molecule has 1 aliphatic heterocycles. The van der Waals surface area contributed by atoms with Gasteiger partial charge < -0.3 is 10.4 Å². The lowest BCUT2D eigenvalue weighted by molar-refractivity contribution is 0.101. The molecule has 3 heteroatoms. The van der Waals surface area contributed by atoms with Crippen molar-refractivity contribution in [3.05, 3.63) is 35.1 Å². The lowest BCUT2D eigenvalue weighted by Gasteiger charge is -2.32. The Balaban J connectivity index is 2.12. The largest absolute Gasteiger partial charge is 0.387 e. The maximum Gasteiger partial charge on any atom is 0.126 e. The second-order valence-electron chi connectivity index (χ2n) is 5.14. The van der Waals surface area contributed by atoms with Crippen molar-refractivity contribution in [3.8, 4) is 0 Å². The van der Waals surface area contributed by atoms with Crippen LogP contribution in [0, 0.1) is 18.7 Å². The van der Waals surface area contributed by atoms with E-state index in [-0.39, 0.29) is 11.9 Å². The summed E-state index contributed by atoms with van der Waals surface area (Å²) in [7, 11) is 0. The number of hydrogen-bond donors (Lipinski definition) is 2. The van der Waals surface area contributed by atoms with Gasteiger partial charge in [0.15, 0.2) is 0 Å². The molecule has 0 bridgehead atoms. The van der Waals surface area contributed by atoms with Crippen LogP contribution in [0.25, 0.3) is 0 Å². The van der Waals surface area contributed by atoms with E-state index in [4.69, 9.17) is 0 Å². The van der Waals surface area contributed by atoms with Crippen molar-refractivity contribution in [1.29, 1.82) is 0 Å². The number of nitrogens with one attached hydrogen (secondary N) is 1. The molecule has 0 spiro atoms. The highest BCUT2D eigenvalue weighted by molar-refractivity contribution is 5.26. The Hall–Kier alpha value is -0.930. The predicted octanol–water partition coefficient (Wildman–Crippen LogP) is 2.56. The molecule has 2 rings (SSSR count). The molecular weight excluding hydrogens is 217 g/mol. The van der Waals surface area contributed by atoms with Crippen LogP contribution >= 0.6 is 0 Å². The number of hydrogen-bond acceptors (Lipinski definition) is 2. The molecular formula is C14H20FNO. The van der Waals surface area contributed by atoms with Crippen molar-refractivity contribution in [2.45, 2.75) is 38.8 Å². The van der Waals surface area contributed by atoms with Gasteiger partial charge in [0.25, 0.3) is 0 Å². The summed E-state index contributed by atoms with van der Waals surface area (Å²) in [4.78, 5) is 0. The minimum absolute atomic E-state index is 0.0867. The number of rotatable bonds is 2. The number of halogens is 1. The van der Waals surface area contributed by atoms with Crippen molar-refractivity contribution in [3.63, 3.8) is 0 Å². The van der Waals surface area contributed by atoms with Crippen molar-refractivity contribution < 1.29 is 9.50 Å². The highest BCUT2D eigenvalue weighted by Crippen LogP contribution is 2.26. The number of aliphatic hydroxyl groups excluding tert-OH is 1. The first-order valence-electron chi connectivity index (χ1n) is 6.25. The molecule has 1 saturated heterocycles. The summed E-state index contributed by atoms with van der Waals surface area (Å²) in [6.07, 6.45) is 1.58. The minimum Gasteiger partial charge on any atom is -0.387 e. The quantitative estimate of drug-likeness (QED) is 0.828. The fourth-order valence-corrected chi connectivity index (χ4v) is 2.47. The average Bonchev–Trinajstić information content (AvgIpc) is 2.32. The minimum atomic E-state index is -0.544. The van der Waals surface area contributed by atoms with Crippen LogP contribution in [0.5, 0.6) is 0 Å². The molecule has 0 aliphatic carbocycles. The Morgan fingerprint density at radius 1 is 1.47 bits per heavy atom. The van der Waals surface area contributed by atoms with E-state index >= 15 is 0 Å². The van der Waals surface area contributed by atoms with Crippen molar-refractivity contribution in [2.75, 3.05) is 6.54 Å². The van der Waals surface area contributed by atoms with Gasteiger partial charge in [0.05, 0.1) is 6.10 Å². The van der Waals surface area contributed by atoms with E-state index < -0.39 is 6.10 Å². The van der Waals surface area contributed by atoms with Crippen LogP contribution in [-0.2, 0) is 0 Å². The second-order valence-corrected chi connectivity index (χ2v) is 5.14. The lowest BCUT2D eigenvalue weighted by atomic mass is 9.88. The Labute approximate surface area is 102 Å². The molecule has 1 aromatic carbocycles. The van der Waals surface area contributed by atoms with Gasteiger partial charge in [-0.15, -0.1) is 0 Å². The average molecular weight is 237 g/mol. The number of aryl methyl sites for hydroxylation is 1. The summed E-state index contributed by atoms with van der Waals surface area (Å²) in [5, 5.41) is 13.6. The molecule has 1 aromatic rings. The van der Waals surface area contributed by atoms with Crippen LogP contribution in [0.4, 0.5) is 4.39 Å². The summed E-state index contributed by atoms with van der Waals surface area (Å²) in [6, 6.07) is 4.93. The van der Waals surface area contributed by atoms with Crippen molar-refractivity contribution >= 4 is 0 Å². The van der Waals surface area contributed by atoms with Gasteiger partial charge in [-0.3, -0.25) is 0 Å². The van der Waals surface area contributed by atoms with Gasteiger partial charge >= 0.3 is 0 Å². The topological polar surface area (TPSA) is 32.3 Å². The van der Waals surface area contributed by atoms with Crippen molar-refractivity contribution in [2.24, 2.45) is 5.92 Å². The molecule has 3 unspecified atom stereocenters. The van der Waals surface area contributed by atoms with Crippen LogP contribution in [-0.4, -0.2) is 17.7 Å². The van der Waals surface area contributed by atoms with Gasteiger partial charge in [0.2, 0.25) is 0 Å². The molecule has 1 aliphatic rings. The van der Waals surface area contributed by atoms with E-state index in [1.807, 2.05) is 0 Å². The lowest BCUT2D eigenvalue weighted by Crippen LogP contribution is -2.41. The summed E-state index contributed by atoms with van der Waals surface area (Å²) in [6.45, 7) is 4.88. The van der Waals surface area contributed by atoms with Gasteiger partial charge in [-0.2, -0.15) is 0 Å². The first-order valence-corrected chi connectivity index (χ1v) is 6.25. The number of piperidine rings is 1. The van der Waals surface area contributed by atoms with Gasteiger partial charge in [0, 0.05) is 6.04 Å². The SMILES string of the molecule is Cc1cc(C(O)C2CC(C)CCN2)ccc1F. The van der Waals surface area contributed by atoms with E-state index in [1.54, 1.807) is 19.1 Å². The zero-order valence-electron chi connectivity index (χ0n) is 10.4. The molecule has 0 aromatic heterocycles. The van der Waals surface area contributed by atoms with Crippen LogP contribution in [0.1, 0.15) is 37.0 Å². The maximum absolute atomic E-state index is 13.2. The predicted molar refractivity (Wildman–Crippen MR) is 66.3 cm³/mol. The van der Waals surface area contributed by atoms with E-state index in [0.29, 0.717) is 11.5 Å². The third-order valence-corrected chi connectivity index (χ3v) is 3.60. The standard InChI is InChI=1S/C14H20FNO/c1-9-5-6-16-13(7-9)14(17)11-3-4-12(15)10(2)8-11/h3-4,8-9,13-14,16-17H,5-7H2,1-2H3. The molecule has 3 atom stereocenters. The Bertz CT molecular complexity index is 394. The van der Waals surface area contributed by atoms with E-state index in [0.717, 1.165) is 24.9 Å². The molecule has 1 heterocycles. The molecule has 2 nitrogen and oxygen atoms in total. The first-order chi connectivity index (χ1) is 8.08. The van der Waals surface area contributed by atoms with E-state index in [9.17, 15) is 9.50 Å². The monoisotopic (exact) mass is 237 g/mol. The molecule has 94 valence electrons. The fourth-order valence-electron chi connectivity index (χ4n) is 2.47. The Kier molecular flexibility index (Phi) is 3.79. The maximum atomic E-state index is 13.2. The van der Waals surface area contributed by atoms with Gasteiger partial charge in [-0.1, -0.05) is 19.1 Å². The molecule has 1 fully saturated rings. The normalized spacial score (nSPS) is 26.8. The highest BCUT2D eigenvalue weighted by Gasteiger charge is 2.26. The van der Waals surface area contributed by atoms with Crippen molar-refractivity contribution in [1.82, 2.24) is 5.32 Å². The van der Waals surface area contributed by atoms with Crippen LogP contribution < -0.4 is 5.32 Å². The number of benzene rings is 1. The molecule has 0 saturated carbocycles. The van der Waals surface area contributed by atoms with Gasteiger partial charge in [0.1, 0.15) is 5.82 Å². The second kappa shape index (κ2) is 5.15. The fraction of sp³-hybridized carbons (Fsp3) is 0.571. The summed E-state index contributed by atoms with van der Waals surface area (Å²) in [5.41, 5.74) is 1.39. The first kappa shape index (κ1) is 12.5. The molecule has 0 amide bonds. The van der Waals surface area contributed by atoms with Gasteiger partial charge in [-0.05, 0) is 49.4 Å². The zero-order chi connectivity index (χ0) is 12.4. The summed E-state index contributed by atoms with van der Waals surface area (Å²) >= 11 is 0. The Morgan fingerprint density at radius 3 is 2.88 bits per heavy atom. The van der Waals surface area contributed by atoms with E-state index in [2.05, 4.69) is 12.2 Å². The molecule has 17 heavy (non-hydrogen) atoms. The molecule has 0 radical (unpaired) electrons. The van der Waals surface area contributed by atoms with E-state index in [1.165, 1.54) is 6.07 Å². The smallest absolute Gasteiger partial charge is 0.126 e. The van der Waals surface area contributed by atoms with Crippen LogP contribution in [0.2, 0.25) is 0 Å². The molecule has 2 N–H and O–H groups in total. The zero-order valence-corrected chi connectivity index (χ0v) is 10.4.